The first-order valence-corrected chi connectivity index (χ1v) is 8.81. The highest BCUT2D eigenvalue weighted by Gasteiger charge is 2.29. The van der Waals surface area contributed by atoms with Crippen LogP contribution in [0.3, 0.4) is 0 Å². The van der Waals surface area contributed by atoms with Gasteiger partial charge < -0.3 is 4.90 Å². The Bertz CT molecular complexity index is 585. The highest BCUT2D eigenvalue weighted by atomic mass is 32.1. The van der Waals surface area contributed by atoms with Gasteiger partial charge in [-0.15, -0.1) is 11.3 Å². The lowest BCUT2D eigenvalue weighted by Crippen LogP contribution is -2.38. The molecule has 3 heterocycles. The molecule has 1 amide bonds. The van der Waals surface area contributed by atoms with E-state index in [9.17, 15) is 4.79 Å². The third-order valence-corrected chi connectivity index (χ3v) is 4.99. The van der Waals surface area contributed by atoms with Gasteiger partial charge in [0.05, 0.1) is 6.04 Å². The van der Waals surface area contributed by atoms with Crippen LogP contribution in [-0.4, -0.2) is 27.3 Å². The van der Waals surface area contributed by atoms with Gasteiger partial charge >= 0.3 is 0 Å². The van der Waals surface area contributed by atoms with Gasteiger partial charge in [-0.1, -0.05) is 6.07 Å². The molecule has 1 saturated heterocycles. The molecule has 0 N–H and O–H groups in total. The van der Waals surface area contributed by atoms with Crippen LogP contribution in [0, 0.1) is 0 Å². The first kappa shape index (κ1) is 15.2. The fraction of sp³-hybridized carbons (Fsp3) is 0.471. The molecule has 0 radical (unpaired) electrons. The summed E-state index contributed by atoms with van der Waals surface area (Å²) < 4.78 is 0. The number of hydrogen-bond acceptors (Lipinski definition) is 4. The van der Waals surface area contributed by atoms with Crippen LogP contribution in [-0.2, 0) is 11.2 Å². The molecule has 0 aliphatic carbocycles. The van der Waals surface area contributed by atoms with Crippen LogP contribution in [0.15, 0.2) is 36.0 Å². The zero-order valence-electron chi connectivity index (χ0n) is 12.6. The first-order valence-electron chi connectivity index (χ1n) is 7.93. The van der Waals surface area contributed by atoms with Gasteiger partial charge in [0, 0.05) is 36.4 Å². The van der Waals surface area contributed by atoms with E-state index >= 15 is 0 Å². The molecular weight excluding hydrogens is 294 g/mol. The number of nitrogens with zero attached hydrogens (tertiary/aromatic N) is 3. The highest BCUT2D eigenvalue weighted by Crippen LogP contribution is 2.32. The van der Waals surface area contributed by atoms with E-state index in [1.807, 2.05) is 34.7 Å². The zero-order valence-corrected chi connectivity index (χ0v) is 13.5. The van der Waals surface area contributed by atoms with Crippen LogP contribution in [0.5, 0.6) is 0 Å². The summed E-state index contributed by atoms with van der Waals surface area (Å²) in [4.78, 5) is 23.3. The lowest BCUT2D eigenvalue weighted by Gasteiger charge is -2.34. The van der Waals surface area contributed by atoms with Crippen molar-refractivity contribution in [2.24, 2.45) is 0 Å². The van der Waals surface area contributed by atoms with Crippen LogP contribution in [0.2, 0.25) is 0 Å². The molecule has 0 bridgehead atoms. The van der Waals surface area contributed by atoms with Gasteiger partial charge in [0.1, 0.15) is 5.01 Å². The predicted molar refractivity (Wildman–Crippen MR) is 87.6 cm³/mol. The van der Waals surface area contributed by atoms with Gasteiger partial charge in [0.15, 0.2) is 0 Å². The molecule has 22 heavy (non-hydrogen) atoms. The third-order valence-electron chi connectivity index (χ3n) is 4.11. The largest absolute Gasteiger partial charge is 0.333 e. The second-order valence-corrected chi connectivity index (χ2v) is 6.57. The molecule has 4 nitrogen and oxygen atoms in total. The molecule has 0 aromatic carbocycles. The summed E-state index contributed by atoms with van der Waals surface area (Å²) in [5, 5.41) is 3.07. The van der Waals surface area contributed by atoms with Crippen molar-refractivity contribution in [3.05, 3.63) is 46.7 Å². The van der Waals surface area contributed by atoms with Crippen LogP contribution >= 0.6 is 11.3 Å². The molecule has 1 fully saturated rings. The van der Waals surface area contributed by atoms with Crippen molar-refractivity contribution < 1.29 is 4.79 Å². The SMILES string of the molecule is O=C(CCCc1ccccn1)N1CCCCC1c1nccs1. The molecule has 1 unspecified atom stereocenters. The van der Waals surface area contributed by atoms with E-state index in [1.165, 1.54) is 6.42 Å². The minimum absolute atomic E-state index is 0.191. The maximum absolute atomic E-state index is 12.6. The number of thiazole rings is 1. The normalized spacial score (nSPS) is 18.4. The van der Waals surface area contributed by atoms with Gasteiger partial charge in [-0.2, -0.15) is 0 Å². The summed E-state index contributed by atoms with van der Waals surface area (Å²) in [6, 6.07) is 6.12. The van der Waals surface area contributed by atoms with E-state index in [2.05, 4.69) is 9.97 Å². The Hall–Kier alpha value is -1.75. The van der Waals surface area contributed by atoms with Crippen molar-refractivity contribution in [3.63, 3.8) is 0 Å². The number of hydrogen-bond donors (Lipinski definition) is 0. The van der Waals surface area contributed by atoms with E-state index in [0.717, 1.165) is 42.9 Å². The highest BCUT2D eigenvalue weighted by molar-refractivity contribution is 7.09. The molecular formula is C17H21N3OS. The molecule has 116 valence electrons. The number of carbonyl (C=O) groups is 1. The molecule has 5 heteroatoms. The number of rotatable bonds is 5. The van der Waals surface area contributed by atoms with E-state index in [1.54, 1.807) is 17.5 Å². The Labute approximate surface area is 135 Å². The lowest BCUT2D eigenvalue weighted by atomic mass is 10.0. The van der Waals surface area contributed by atoms with Gasteiger partial charge in [-0.25, -0.2) is 4.98 Å². The number of carbonyl (C=O) groups excluding carboxylic acids is 1. The van der Waals surface area contributed by atoms with Gasteiger partial charge in [0.2, 0.25) is 5.91 Å². The summed E-state index contributed by atoms with van der Waals surface area (Å²) in [5.41, 5.74) is 1.06. The van der Waals surface area contributed by atoms with E-state index in [0.29, 0.717) is 6.42 Å². The number of aryl methyl sites for hydroxylation is 1. The maximum atomic E-state index is 12.6. The first-order chi connectivity index (χ1) is 10.8. The molecule has 1 atom stereocenters. The van der Waals surface area contributed by atoms with Crippen LogP contribution in [0.4, 0.5) is 0 Å². The van der Waals surface area contributed by atoms with Crippen molar-refractivity contribution in [3.8, 4) is 0 Å². The number of amides is 1. The summed E-state index contributed by atoms with van der Waals surface area (Å²) in [6.45, 7) is 0.868. The number of aromatic nitrogens is 2. The maximum Gasteiger partial charge on any atom is 0.223 e. The Morgan fingerprint density at radius 3 is 3.00 bits per heavy atom. The Morgan fingerprint density at radius 2 is 2.23 bits per heavy atom. The average Bonchev–Trinajstić information content (AvgIpc) is 3.10. The molecule has 1 aliphatic heterocycles. The summed E-state index contributed by atoms with van der Waals surface area (Å²) >= 11 is 1.66. The average molecular weight is 315 g/mol. The van der Waals surface area contributed by atoms with Crippen molar-refractivity contribution in [1.29, 1.82) is 0 Å². The van der Waals surface area contributed by atoms with Crippen LogP contribution in [0.25, 0.3) is 0 Å². The monoisotopic (exact) mass is 315 g/mol. The minimum atomic E-state index is 0.191. The second-order valence-electron chi connectivity index (χ2n) is 5.64. The van der Waals surface area contributed by atoms with Crippen molar-refractivity contribution in [2.75, 3.05) is 6.54 Å². The molecule has 3 rings (SSSR count). The second kappa shape index (κ2) is 7.49. The van der Waals surface area contributed by atoms with Crippen molar-refractivity contribution >= 4 is 17.2 Å². The van der Waals surface area contributed by atoms with E-state index in [-0.39, 0.29) is 11.9 Å². The molecule has 0 spiro atoms. The topological polar surface area (TPSA) is 46.1 Å². The standard InChI is InChI=1S/C17H21N3OS/c21-16(9-5-7-14-6-1-3-10-18-14)20-12-4-2-8-15(20)17-19-11-13-22-17/h1,3,6,10-11,13,15H,2,4-5,7-9,12H2. The van der Waals surface area contributed by atoms with Crippen molar-refractivity contribution in [1.82, 2.24) is 14.9 Å². The number of likely N-dealkylation sites (tertiary alicyclic amines) is 1. The van der Waals surface area contributed by atoms with E-state index in [4.69, 9.17) is 0 Å². The van der Waals surface area contributed by atoms with Gasteiger partial charge in [0.25, 0.3) is 0 Å². The van der Waals surface area contributed by atoms with Crippen LogP contribution in [0.1, 0.15) is 48.8 Å². The zero-order chi connectivity index (χ0) is 15.2. The fourth-order valence-electron chi connectivity index (χ4n) is 3.00. The predicted octanol–water partition coefficient (Wildman–Crippen LogP) is 3.61. The number of pyridine rings is 1. The summed E-state index contributed by atoms with van der Waals surface area (Å²) in [6.07, 6.45) is 9.28. The molecule has 1 aliphatic rings. The summed E-state index contributed by atoms with van der Waals surface area (Å²) in [5.74, 6) is 0.260. The fourth-order valence-corrected chi connectivity index (χ4v) is 3.78. The molecule has 2 aromatic rings. The van der Waals surface area contributed by atoms with Crippen molar-refractivity contribution in [2.45, 2.75) is 44.6 Å². The minimum Gasteiger partial charge on any atom is -0.333 e. The van der Waals surface area contributed by atoms with Gasteiger partial charge in [-0.05, 0) is 44.2 Å². The summed E-state index contributed by atoms with van der Waals surface area (Å²) in [7, 11) is 0. The van der Waals surface area contributed by atoms with E-state index < -0.39 is 0 Å². The molecule has 2 aromatic heterocycles. The Kier molecular flexibility index (Phi) is 5.16. The van der Waals surface area contributed by atoms with Crippen LogP contribution < -0.4 is 0 Å². The van der Waals surface area contributed by atoms with Gasteiger partial charge in [-0.3, -0.25) is 9.78 Å². The molecule has 0 saturated carbocycles. The Balaban J connectivity index is 1.56. The number of piperidine rings is 1. The smallest absolute Gasteiger partial charge is 0.223 e. The Morgan fingerprint density at radius 1 is 1.27 bits per heavy atom. The third kappa shape index (κ3) is 3.71. The quantitative estimate of drug-likeness (QED) is 0.846. The lowest BCUT2D eigenvalue weighted by molar-refractivity contribution is -0.135.